The van der Waals surface area contributed by atoms with E-state index in [0.29, 0.717) is 24.5 Å². The average molecular weight is 343 g/mol. The number of carbonyl (C=O) groups excluding carboxylic acids is 1. The number of carbonyl (C=O) groups is 1. The minimum Gasteiger partial charge on any atom is -0.495 e. The molecule has 132 valence electrons. The highest BCUT2D eigenvalue weighted by atomic mass is 19.1. The third kappa shape index (κ3) is 4.41. The molecular formula is C19H22FN3O2. The molecule has 0 aliphatic carbocycles. The first-order chi connectivity index (χ1) is 12.2. The molecule has 1 saturated heterocycles. The van der Waals surface area contributed by atoms with E-state index in [1.807, 2.05) is 24.3 Å². The number of amides is 2. The summed E-state index contributed by atoms with van der Waals surface area (Å²) in [6, 6.07) is 13.9. The highest BCUT2D eigenvalue weighted by Crippen LogP contribution is 2.24. The molecule has 1 heterocycles. The van der Waals surface area contributed by atoms with E-state index in [1.165, 1.54) is 12.1 Å². The molecule has 1 fully saturated rings. The molecule has 0 bridgehead atoms. The van der Waals surface area contributed by atoms with Gasteiger partial charge >= 0.3 is 6.03 Å². The molecule has 0 saturated carbocycles. The van der Waals surface area contributed by atoms with Crippen molar-refractivity contribution in [1.82, 2.24) is 4.90 Å². The zero-order valence-electron chi connectivity index (χ0n) is 14.2. The van der Waals surface area contributed by atoms with Gasteiger partial charge in [-0.2, -0.15) is 0 Å². The minimum absolute atomic E-state index is 0.121. The van der Waals surface area contributed by atoms with Crippen molar-refractivity contribution in [2.75, 3.05) is 30.8 Å². The summed E-state index contributed by atoms with van der Waals surface area (Å²) in [6.45, 7) is 1.33. The Morgan fingerprint density at radius 3 is 2.48 bits per heavy atom. The fourth-order valence-corrected chi connectivity index (χ4v) is 2.95. The monoisotopic (exact) mass is 343 g/mol. The van der Waals surface area contributed by atoms with Crippen molar-refractivity contribution in [3.63, 3.8) is 0 Å². The molecule has 0 spiro atoms. The van der Waals surface area contributed by atoms with Gasteiger partial charge in [0.2, 0.25) is 0 Å². The largest absolute Gasteiger partial charge is 0.495 e. The van der Waals surface area contributed by atoms with Gasteiger partial charge in [0.05, 0.1) is 12.8 Å². The SMILES string of the molecule is COc1ccccc1NC(=O)N1CCC(Nc2ccc(F)cc2)CC1. The topological polar surface area (TPSA) is 53.6 Å². The van der Waals surface area contributed by atoms with Gasteiger partial charge in [-0.3, -0.25) is 0 Å². The zero-order chi connectivity index (χ0) is 17.6. The third-order valence-electron chi connectivity index (χ3n) is 4.35. The standard InChI is InChI=1S/C19H22FN3O2/c1-25-18-5-3-2-4-17(18)22-19(24)23-12-10-16(11-13-23)21-15-8-6-14(20)7-9-15/h2-9,16,21H,10-13H2,1H3,(H,22,24). The smallest absolute Gasteiger partial charge is 0.321 e. The number of urea groups is 1. The third-order valence-corrected chi connectivity index (χ3v) is 4.35. The number of methoxy groups -OCH3 is 1. The summed E-state index contributed by atoms with van der Waals surface area (Å²) < 4.78 is 18.2. The lowest BCUT2D eigenvalue weighted by atomic mass is 10.0. The van der Waals surface area contributed by atoms with E-state index in [9.17, 15) is 9.18 Å². The van der Waals surface area contributed by atoms with Crippen LogP contribution >= 0.6 is 0 Å². The first-order valence-corrected chi connectivity index (χ1v) is 8.37. The lowest BCUT2D eigenvalue weighted by molar-refractivity contribution is 0.197. The fourth-order valence-electron chi connectivity index (χ4n) is 2.95. The molecule has 0 radical (unpaired) electrons. The zero-order valence-corrected chi connectivity index (χ0v) is 14.2. The van der Waals surface area contributed by atoms with Crippen LogP contribution in [-0.4, -0.2) is 37.2 Å². The van der Waals surface area contributed by atoms with Crippen molar-refractivity contribution in [2.45, 2.75) is 18.9 Å². The van der Waals surface area contributed by atoms with E-state index < -0.39 is 0 Å². The van der Waals surface area contributed by atoms with Gasteiger partial charge in [-0.25, -0.2) is 9.18 Å². The second kappa shape index (κ2) is 7.88. The predicted molar refractivity (Wildman–Crippen MR) is 96.6 cm³/mol. The van der Waals surface area contributed by atoms with Crippen LogP contribution in [0.15, 0.2) is 48.5 Å². The summed E-state index contributed by atoms with van der Waals surface area (Å²) >= 11 is 0. The van der Waals surface area contributed by atoms with Crippen LogP contribution in [0.25, 0.3) is 0 Å². The maximum Gasteiger partial charge on any atom is 0.321 e. The quantitative estimate of drug-likeness (QED) is 0.884. The van der Waals surface area contributed by atoms with Crippen LogP contribution < -0.4 is 15.4 Å². The molecule has 1 aliphatic rings. The van der Waals surface area contributed by atoms with Gasteiger partial charge in [-0.05, 0) is 49.2 Å². The van der Waals surface area contributed by atoms with E-state index in [-0.39, 0.29) is 17.9 Å². The number of ether oxygens (including phenoxy) is 1. The maximum atomic E-state index is 13.0. The Morgan fingerprint density at radius 2 is 1.80 bits per heavy atom. The lowest BCUT2D eigenvalue weighted by Gasteiger charge is -2.33. The van der Waals surface area contributed by atoms with Gasteiger partial charge in [0.15, 0.2) is 0 Å². The van der Waals surface area contributed by atoms with Crippen molar-refractivity contribution in [2.24, 2.45) is 0 Å². The van der Waals surface area contributed by atoms with Gasteiger partial charge in [-0.15, -0.1) is 0 Å². The molecule has 2 N–H and O–H groups in total. The van der Waals surface area contributed by atoms with Crippen LogP contribution in [0.1, 0.15) is 12.8 Å². The molecule has 0 aromatic heterocycles. The van der Waals surface area contributed by atoms with Crippen LogP contribution in [0.2, 0.25) is 0 Å². The van der Waals surface area contributed by atoms with Gasteiger partial charge < -0.3 is 20.3 Å². The number of likely N-dealkylation sites (tertiary alicyclic amines) is 1. The van der Waals surface area contributed by atoms with Gasteiger partial charge in [0.25, 0.3) is 0 Å². The molecule has 2 amide bonds. The first-order valence-electron chi connectivity index (χ1n) is 8.37. The number of benzene rings is 2. The second-order valence-electron chi connectivity index (χ2n) is 6.04. The number of piperidine rings is 1. The normalized spacial score (nSPS) is 14.9. The van der Waals surface area contributed by atoms with Crippen molar-refractivity contribution in [1.29, 1.82) is 0 Å². The van der Waals surface area contributed by atoms with Crippen molar-refractivity contribution in [3.05, 3.63) is 54.3 Å². The summed E-state index contributed by atoms with van der Waals surface area (Å²) in [4.78, 5) is 14.2. The summed E-state index contributed by atoms with van der Waals surface area (Å²) in [5.41, 5.74) is 1.57. The van der Waals surface area contributed by atoms with E-state index in [1.54, 1.807) is 24.1 Å². The van der Waals surface area contributed by atoms with Crippen LogP contribution in [0.5, 0.6) is 5.75 Å². The van der Waals surface area contributed by atoms with Crippen molar-refractivity contribution in [3.8, 4) is 5.75 Å². The number of hydrogen-bond acceptors (Lipinski definition) is 3. The number of hydrogen-bond donors (Lipinski definition) is 2. The van der Waals surface area contributed by atoms with Crippen molar-refractivity contribution >= 4 is 17.4 Å². The second-order valence-corrected chi connectivity index (χ2v) is 6.04. The maximum absolute atomic E-state index is 13.0. The van der Waals surface area contributed by atoms with E-state index >= 15 is 0 Å². The number of nitrogens with one attached hydrogen (secondary N) is 2. The average Bonchev–Trinajstić information content (AvgIpc) is 2.64. The highest BCUT2D eigenvalue weighted by Gasteiger charge is 2.23. The van der Waals surface area contributed by atoms with Crippen LogP contribution in [0.4, 0.5) is 20.6 Å². The van der Waals surface area contributed by atoms with Gasteiger partial charge in [-0.1, -0.05) is 12.1 Å². The number of nitrogens with zero attached hydrogens (tertiary/aromatic N) is 1. The van der Waals surface area contributed by atoms with Crippen LogP contribution in [-0.2, 0) is 0 Å². The highest BCUT2D eigenvalue weighted by molar-refractivity contribution is 5.91. The summed E-state index contributed by atoms with van der Waals surface area (Å²) in [5, 5.41) is 6.29. The Labute approximate surface area is 146 Å². The molecular weight excluding hydrogens is 321 g/mol. The fraction of sp³-hybridized carbons (Fsp3) is 0.316. The Kier molecular flexibility index (Phi) is 5.38. The molecule has 0 atom stereocenters. The van der Waals surface area contributed by atoms with Crippen LogP contribution in [0, 0.1) is 5.82 Å². The number of halogens is 1. The van der Waals surface area contributed by atoms with Gasteiger partial charge in [0, 0.05) is 24.8 Å². The van der Waals surface area contributed by atoms with Crippen LogP contribution in [0.3, 0.4) is 0 Å². The molecule has 2 aromatic carbocycles. The Morgan fingerprint density at radius 1 is 1.12 bits per heavy atom. The molecule has 6 heteroatoms. The van der Waals surface area contributed by atoms with Crippen molar-refractivity contribution < 1.29 is 13.9 Å². The number of para-hydroxylation sites is 2. The Balaban J connectivity index is 1.51. The summed E-state index contributed by atoms with van der Waals surface area (Å²) in [6.07, 6.45) is 1.69. The molecule has 3 rings (SSSR count). The predicted octanol–water partition coefficient (Wildman–Crippen LogP) is 3.94. The molecule has 5 nitrogen and oxygen atoms in total. The molecule has 25 heavy (non-hydrogen) atoms. The minimum atomic E-state index is -0.242. The lowest BCUT2D eigenvalue weighted by Crippen LogP contribution is -2.44. The molecule has 1 aliphatic heterocycles. The van der Waals surface area contributed by atoms with Gasteiger partial charge in [0.1, 0.15) is 11.6 Å². The Hall–Kier alpha value is -2.76. The van der Waals surface area contributed by atoms with E-state index in [2.05, 4.69) is 10.6 Å². The molecule has 2 aromatic rings. The first kappa shape index (κ1) is 17.1. The number of rotatable bonds is 4. The van der Waals surface area contributed by atoms with E-state index in [0.717, 1.165) is 18.5 Å². The van der Waals surface area contributed by atoms with E-state index in [4.69, 9.17) is 4.74 Å². The summed E-state index contributed by atoms with van der Waals surface area (Å²) in [5.74, 6) is 0.400. The number of anilines is 2. The Bertz CT molecular complexity index is 713. The summed E-state index contributed by atoms with van der Waals surface area (Å²) in [7, 11) is 1.58. The molecule has 0 unspecified atom stereocenters.